The van der Waals surface area contributed by atoms with Crippen molar-refractivity contribution in [3.63, 3.8) is 0 Å². The molecule has 0 aromatic rings. The standard InChI is InChI=1S/C5H11NO2S/c1-3(2)4(6-9)5(7)8/h3-4,6,9H,1-2H3,(H,7,8)/t4-/m0/s1. The van der Waals surface area contributed by atoms with E-state index in [-0.39, 0.29) is 5.92 Å². The zero-order valence-electron chi connectivity index (χ0n) is 5.46. The van der Waals surface area contributed by atoms with Crippen molar-refractivity contribution < 1.29 is 9.90 Å². The highest BCUT2D eigenvalue weighted by molar-refractivity contribution is 7.78. The maximum absolute atomic E-state index is 10.3. The predicted molar refractivity (Wildman–Crippen MR) is 38.4 cm³/mol. The summed E-state index contributed by atoms with van der Waals surface area (Å²) < 4.78 is 2.40. The van der Waals surface area contributed by atoms with Crippen molar-refractivity contribution in [1.82, 2.24) is 4.72 Å². The molecule has 0 aliphatic rings. The van der Waals surface area contributed by atoms with Crippen LogP contribution < -0.4 is 4.72 Å². The van der Waals surface area contributed by atoms with Crippen LogP contribution >= 0.6 is 12.8 Å². The summed E-state index contributed by atoms with van der Waals surface area (Å²) in [7, 11) is 0. The molecule has 0 heterocycles. The Bertz CT molecular complexity index is 105. The van der Waals surface area contributed by atoms with E-state index in [4.69, 9.17) is 5.11 Å². The largest absolute Gasteiger partial charge is 0.480 e. The number of carboxylic acid groups (broad SMARTS) is 1. The summed E-state index contributed by atoms with van der Waals surface area (Å²) in [5.74, 6) is -0.792. The normalized spacial score (nSPS) is 13.8. The first-order chi connectivity index (χ1) is 4.09. The minimum atomic E-state index is -0.861. The number of rotatable bonds is 3. The highest BCUT2D eigenvalue weighted by atomic mass is 32.1. The second-order valence-corrected chi connectivity index (χ2v) is 2.45. The lowest BCUT2D eigenvalue weighted by Gasteiger charge is -2.12. The van der Waals surface area contributed by atoms with Crippen molar-refractivity contribution in [2.24, 2.45) is 5.92 Å². The van der Waals surface area contributed by atoms with Gasteiger partial charge in [-0.25, -0.2) is 0 Å². The molecule has 0 spiro atoms. The van der Waals surface area contributed by atoms with Crippen LogP contribution in [0.2, 0.25) is 0 Å². The van der Waals surface area contributed by atoms with Crippen LogP contribution in [0.25, 0.3) is 0 Å². The molecule has 0 radical (unpaired) electrons. The molecule has 0 aromatic carbocycles. The van der Waals surface area contributed by atoms with E-state index >= 15 is 0 Å². The highest BCUT2D eigenvalue weighted by Gasteiger charge is 2.18. The first kappa shape index (κ1) is 8.78. The Morgan fingerprint density at radius 2 is 2.11 bits per heavy atom. The van der Waals surface area contributed by atoms with Crippen molar-refractivity contribution in [3.05, 3.63) is 0 Å². The molecule has 3 nitrogen and oxygen atoms in total. The van der Waals surface area contributed by atoms with Gasteiger partial charge in [0.2, 0.25) is 0 Å². The summed E-state index contributed by atoms with van der Waals surface area (Å²) in [6.45, 7) is 3.64. The van der Waals surface area contributed by atoms with Crippen molar-refractivity contribution in [2.45, 2.75) is 19.9 Å². The van der Waals surface area contributed by atoms with Crippen LogP contribution in [0.3, 0.4) is 0 Å². The molecule has 0 rings (SSSR count). The topological polar surface area (TPSA) is 49.3 Å². The van der Waals surface area contributed by atoms with Crippen LogP contribution in [0.4, 0.5) is 0 Å². The lowest BCUT2D eigenvalue weighted by Crippen LogP contribution is -2.35. The van der Waals surface area contributed by atoms with Crippen LogP contribution in [-0.4, -0.2) is 17.1 Å². The first-order valence-electron chi connectivity index (χ1n) is 2.72. The molecule has 0 saturated carbocycles. The third kappa shape index (κ3) is 2.72. The summed E-state index contributed by atoms with van der Waals surface area (Å²) in [6.07, 6.45) is 0. The number of aliphatic carboxylic acids is 1. The molecule has 0 aliphatic carbocycles. The van der Waals surface area contributed by atoms with E-state index in [1.165, 1.54) is 0 Å². The summed E-state index contributed by atoms with van der Waals surface area (Å²) in [4.78, 5) is 10.3. The van der Waals surface area contributed by atoms with Gasteiger partial charge < -0.3 is 5.11 Å². The van der Waals surface area contributed by atoms with Gasteiger partial charge in [0.1, 0.15) is 6.04 Å². The Labute approximate surface area is 60.0 Å². The van der Waals surface area contributed by atoms with E-state index in [1.807, 2.05) is 13.8 Å². The van der Waals surface area contributed by atoms with Crippen LogP contribution in [0.15, 0.2) is 0 Å². The average Bonchev–Trinajstić information content (AvgIpc) is 1.64. The van der Waals surface area contributed by atoms with Crippen LogP contribution in [0.1, 0.15) is 13.8 Å². The van der Waals surface area contributed by atoms with Crippen LogP contribution in [0, 0.1) is 5.92 Å². The zero-order valence-corrected chi connectivity index (χ0v) is 6.35. The third-order valence-electron chi connectivity index (χ3n) is 1.07. The monoisotopic (exact) mass is 149 g/mol. The number of carbonyl (C=O) groups is 1. The second-order valence-electron chi connectivity index (χ2n) is 2.19. The van der Waals surface area contributed by atoms with E-state index in [9.17, 15) is 4.79 Å². The molecule has 2 N–H and O–H groups in total. The molecule has 0 amide bonds. The number of hydrogen-bond acceptors (Lipinski definition) is 3. The van der Waals surface area contributed by atoms with Crippen LogP contribution in [-0.2, 0) is 4.79 Å². The second kappa shape index (κ2) is 3.74. The molecular weight excluding hydrogens is 138 g/mol. The Hall–Kier alpha value is -0.220. The fourth-order valence-corrected chi connectivity index (χ4v) is 0.898. The summed E-state index contributed by atoms with van der Waals surface area (Å²) in [5.41, 5.74) is 0. The number of hydrogen-bond donors (Lipinski definition) is 3. The van der Waals surface area contributed by atoms with E-state index in [0.717, 1.165) is 0 Å². The van der Waals surface area contributed by atoms with Crippen LogP contribution in [0.5, 0.6) is 0 Å². The van der Waals surface area contributed by atoms with Crippen molar-refractivity contribution >= 4 is 18.8 Å². The zero-order chi connectivity index (χ0) is 7.44. The lowest BCUT2D eigenvalue weighted by molar-refractivity contribution is -0.139. The molecule has 4 heteroatoms. The van der Waals surface area contributed by atoms with Gasteiger partial charge in [0, 0.05) is 0 Å². The molecule has 9 heavy (non-hydrogen) atoms. The van der Waals surface area contributed by atoms with Gasteiger partial charge in [0.15, 0.2) is 0 Å². The molecule has 0 fully saturated rings. The average molecular weight is 149 g/mol. The molecule has 0 unspecified atom stereocenters. The van der Waals surface area contributed by atoms with Gasteiger partial charge in [0.25, 0.3) is 0 Å². The Morgan fingerprint density at radius 3 is 2.11 bits per heavy atom. The van der Waals surface area contributed by atoms with Gasteiger partial charge in [-0.3, -0.25) is 9.52 Å². The van der Waals surface area contributed by atoms with Crippen molar-refractivity contribution in [2.75, 3.05) is 0 Å². The van der Waals surface area contributed by atoms with Gasteiger partial charge in [-0.05, 0) is 5.92 Å². The van der Waals surface area contributed by atoms with Gasteiger partial charge in [-0.1, -0.05) is 26.7 Å². The predicted octanol–water partition coefficient (Wildman–Crippen LogP) is 0.530. The quantitative estimate of drug-likeness (QED) is 0.513. The minimum Gasteiger partial charge on any atom is -0.480 e. The van der Waals surface area contributed by atoms with Gasteiger partial charge in [-0.15, -0.1) is 0 Å². The van der Waals surface area contributed by atoms with Crippen molar-refractivity contribution in [3.8, 4) is 0 Å². The maximum Gasteiger partial charge on any atom is 0.321 e. The molecule has 0 aliphatic heterocycles. The Morgan fingerprint density at radius 1 is 1.67 bits per heavy atom. The van der Waals surface area contributed by atoms with Gasteiger partial charge >= 0.3 is 5.97 Å². The Balaban J connectivity index is 3.83. The van der Waals surface area contributed by atoms with Crippen molar-refractivity contribution in [1.29, 1.82) is 0 Å². The SMILES string of the molecule is CC(C)[C@H](NS)C(=O)O. The fourth-order valence-electron chi connectivity index (χ4n) is 0.489. The van der Waals surface area contributed by atoms with E-state index in [0.29, 0.717) is 0 Å². The molecule has 54 valence electrons. The van der Waals surface area contributed by atoms with E-state index < -0.39 is 12.0 Å². The fraction of sp³-hybridized carbons (Fsp3) is 0.800. The lowest BCUT2D eigenvalue weighted by atomic mass is 10.1. The summed E-state index contributed by atoms with van der Waals surface area (Å²) >= 11 is 3.66. The smallest absolute Gasteiger partial charge is 0.321 e. The molecular formula is C5H11NO2S. The summed E-state index contributed by atoms with van der Waals surface area (Å²) in [6, 6.07) is -0.548. The Kier molecular flexibility index (Phi) is 3.65. The molecule has 1 atom stereocenters. The molecule has 0 bridgehead atoms. The highest BCUT2D eigenvalue weighted by Crippen LogP contribution is 2.01. The van der Waals surface area contributed by atoms with E-state index in [2.05, 4.69) is 17.5 Å². The number of carboxylic acids is 1. The molecule has 0 saturated heterocycles. The maximum atomic E-state index is 10.3. The third-order valence-corrected chi connectivity index (χ3v) is 1.35. The number of nitrogens with one attached hydrogen (secondary N) is 1. The van der Waals surface area contributed by atoms with Gasteiger partial charge in [0.05, 0.1) is 0 Å². The minimum absolute atomic E-state index is 0.0694. The molecule has 0 aromatic heterocycles. The number of thiol groups is 1. The first-order valence-corrected chi connectivity index (χ1v) is 3.16. The van der Waals surface area contributed by atoms with E-state index in [1.54, 1.807) is 0 Å². The van der Waals surface area contributed by atoms with Gasteiger partial charge in [-0.2, -0.15) is 0 Å². The summed E-state index contributed by atoms with van der Waals surface area (Å²) in [5, 5.41) is 8.43.